The fourth-order valence-corrected chi connectivity index (χ4v) is 10.7. The predicted molar refractivity (Wildman–Crippen MR) is 140 cm³/mol. The summed E-state index contributed by atoms with van der Waals surface area (Å²) in [5.74, 6) is 2.40. The number of benzene rings is 2. The molecule has 3 aliphatic carbocycles. The molecule has 3 aliphatic heterocycles. The number of phenols is 1. The number of phenolic OH excluding ortho intramolecular Hbond substituents is 1. The Hall–Kier alpha value is -1.92. The van der Waals surface area contributed by atoms with Crippen molar-refractivity contribution in [2.75, 3.05) is 32.7 Å². The summed E-state index contributed by atoms with van der Waals surface area (Å²) in [6.07, 6.45) is 6.85. The molecule has 2 aromatic rings. The molecule has 2 aromatic carbocycles. The van der Waals surface area contributed by atoms with Crippen molar-refractivity contribution in [1.29, 1.82) is 0 Å². The average Bonchev–Trinajstić information content (AvgIpc) is 3.57. The van der Waals surface area contributed by atoms with Gasteiger partial charge in [0, 0.05) is 30.6 Å². The molecule has 3 saturated heterocycles. The van der Waals surface area contributed by atoms with Gasteiger partial charge in [-0.25, -0.2) is 0 Å². The molecule has 190 valence electrons. The Balaban J connectivity index is 1.22. The third-order valence-corrected chi connectivity index (χ3v) is 11.7. The van der Waals surface area contributed by atoms with Crippen molar-refractivity contribution in [3.05, 3.63) is 65.2 Å². The summed E-state index contributed by atoms with van der Waals surface area (Å²) in [5, 5.41) is 25.8. The first-order valence-corrected chi connectivity index (χ1v) is 14.4. The van der Waals surface area contributed by atoms with Crippen LogP contribution in [0.15, 0.2) is 48.5 Å². The standard InChI is InChI=1S/C31H39N3O2/c35-24-7-6-22-14-27-30-10-8-26-28(23(16-30)19-34(26)29(36)21-4-2-1-3-5-21)31(30,25(22)15-24)11-13-33(27)18-20-9-12-32-17-20/h1-7,15,20,23,26-29,32,35-36H,8-14,16-19H2/t20-,23+,26?,27?,28?,29?,30?,31?/m0/s1. The number of aromatic hydroxyl groups is 1. The molecule has 6 aliphatic rings. The Morgan fingerprint density at radius 3 is 2.81 bits per heavy atom. The Bertz CT molecular complexity index is 1170. The lowest BCUT2D eigenvalue weighted by molar-refractivity contribution is -0.123. The van der Waals surface area contributed by atoms with Gasteiger partial charge in [0.2, 0.25) is 0 Å². The van der Waals surface area contributed by atoms with Crippen LogP contribution in [-0.4, -0.2) is 64.8 Å². The maximum absolute atomic E-state index is 11.5. The second kappa shape index (κ2) is 7.80. The summed E-state index contributed by atoms with van der Waals surface area (Å²) < 4.78 is 0. The zero-order valence-corrected chi connectivity index (χ0v) is 21.1. The molecule has 2 saturated carbocycles. The Labute approximate surface area is 214 Å². The SMILES string of the molecule is Oc1ccc2c(c1)C13CCN(C[C@H]4CCNC4)C(C2)C12CCC1C3[C@@H](CN1C(O)c1ccccc1)C2. The molecule has 0 amide bonds. The molecule has 0 spiro atoms. The second-order valence-corrected chi connectivity index (χ2v) is 12.9. The molecular weight excluding hydrogens is 446 g/mol. The van der Waals surface area contributed by atoms with Crippen LogP contribution < -0.4 is 5.32 Å². The molecular formula is C31H39N3O2. The van der Waals surface area contributed by atoms with Crippen LogP contribution in [0, 0.1) is 23.2 Å². The molecule has 36 heavy (non-hydrogen) atoms. The summed E-state index contributed by atoms with van der Waals surface area (Å²) in [6, 6.07) is 17.6. The topological polar surface area (TPSA) is 59.0 Å². The van der Waals surface area contributed by atoms with Crippen molar-refractivity contribution in [1.82, 2.24) is 15.1 Å². The fraction of sp³-hybridized carbons (Fsp3) is 0.613. The fourth-order valence-electron chi connectivity index (χ4n) is 10.7. The van der Waals surface area contributed by atoms with Crippen LogP contribution in [0.25, 0.3) is 0 Å². The van der Waals surface area contributed by atoms with E-state index in [0.717, 1.165) is 24.4 Å². The van der Waals surface area contributed by atoms with E-state index in [2.05, 4.69) is 39.4 Å². The summed E-state index contributed by atoms with van der Waals surface area (Å²) in [4.78, 5) is 5.36. The van der Waals surface area contributed by atoms with Crippen molar-refractivity contribution >= 4 is 0 Å². The van der Waals surface area contributed by atoms with Crippen LogP contribution >= 0.6 is 0 Å². The normalized spacial score (nSPS) is 41.8. The molecule has 0 radical (unpaired) electrons. The van der Waals surface area contributed by atoms with Crippen molar-refractivity contribution in [2.45, 2.75) is 62.3 Å². The zero-order chi connectivity index (χ0) is 24.1. The van der Waals surface area contributed by atoms with Gasteiger partial charge in [-0.05, 0) is 110 Å². The van der Waals surface area contributed by atoms with E-state index >= 15 is 0 Å². The number of hydrogen-bond acceptors (Lipinski definition) is 5. The quantitative estimate of drug-likeness (QED) is 0.617. The van der Waals surface area contributed by atoms with E-state index in [1.807, 2.05) is 24.3 Å². The van der Waals surface area contributed by atoms with Crippen molar-refractivity contribution in [3.63, 3.8) is 0 Å². The molecule has 5 heteroatoms. The van der Waals surface area contributed by atoms with E-state index in [0.29, 0.717) is 35.1 Å². The summed E-state index contributed by atoms with van der Waals surface area (Å²) >= 11 is 0. The number of likely N-dealkylation sites (tertiary alicyclic amines) is 2. The Morgan fingerprint density at radius 1 is 1.08 bits per heavy atom. The average molecular weight is 486 g/mol. The number of aliphatic hydroxyl groups excluding tert-OH is 1. The van der Waals surface area contributed by atoms with Crippen molar-refractivity contribution < 1.29 is 10.2 Å². The molecule has 3 N–H and O–H groups in total. The van der Waals surface area contributed by atoms with Gasteiger partial charge in [0.1, 0.15) is 12.0 Å². The predicted octanol–water partition coefficient (Wildman–Crippen LogP) is 3.66. The maximum Gasteiger partial charge on any atom is 0.133 e. The highest BCUT2D eigenvalue weighted by atomic mass is 16.3. The molecule has 6 unspecified atom stereocenters. The first kappa shape index (κ1) is 22.1. The largest absolute Gasteiger partial charge is 0.508 e. The van der Waals surface area contributed by atoms with Gasteiger partial charge in [-0.15, -0.1) is 0 Å². The number of rotatable bonds is 4. The van der Waals surface area contributed by atoms with Gasteiger partial charge in [-0.1, -0.05) is 36.4 Å². The van der Waals surface area contributed by atoms with Crippen LogP contribution in [0.2, 0.25) is 0 Å². The van der Waals surface area contributed by atoms with Gasteiger partial charge < -0.3 is 15.5 Å². The van der Waals surface area contributed by atoms with E-state index < -0.39 is 6.23 Å². The van der Waals surface area contributed by atoms with Crippen LogP contribution in [-0.2, 0) is 11.8 Å². The summed E-state index contributed by atoms with van der Waals surface area (Å²) in [6.45, 7) is 5.76. The molecule has 5 nitrogen and oxygen atoms in total. The van der Waals surface area contributed by atoms with Crippen molar-refractivity contribution in [2.24, 2.45) is 23.2 Å². The Kier molecular flexibility index (Phi) is 4.79. The van der Waals surface area contributed by atoms with E-state index in [1.165, 1.54) is 69.4 Å². The molecule has 0 aromatic heterocycles. The van der Waals surface area contributed by atoms with Crippen LogP contribution in [0.3, 0.4) is 0 Å². The molecule has 8 rings (SSSR count). The van der Waals surface area contributed by atoms with E-state index in [9.17, 15) is 10.2 Å². The smallest absolute Gasteiger partial charge is 0.133 e. The number of nitrogens with one attached hydrogen (secondary N) is 1. The van der Waals surface area contributed by atoms with Gasteiger partial charge in [0.05, 0.1) is 0 Å². The van der Waals surface area contributed by atoms with Gasteiger partial charge in [-0.3, -0.25) is 9.80 Å². The number of aliphatic hydroxyl groups is 1. The van der Waals surface area contributed by atoms with Crippen molar-refractivity contribution in [3.8, 4) is 5.75 Å². The lowest BCUT2D eigenvalue weighted by Crippen LogP contribution is -2.70. The number of piperidine rings is 1. The lowest BCUT2D eigenvalue weighted by Gasteiger charge is -2.67. The van der Waals surface area contributed by atoms with Crippen LogP contribution in [0.4, 0.5) is 0 Å². The molecule has 4 bridgehead atoms. The van der Waals surface area contributed by atoms with Gasteiger partial charge in [0.15, 0.2) is 0 Å². The second-order valence-electron chi connectivity index (χ2n) is 12.9. The minimum Gasteiger partial charge on any atom is -0.508 e. The van der Waals surface area contributed by atoms with E-state index in [-0.39, 0.29) is 5.41 Å². The first-order chi connectivity index (χ1) is 17.6. The molecule has 3 heterocycles. The zero-order valence-electron chi connectivity index (χ0n) is 21.1. The summed E-state index contributed by atoms with van der Waals surface area (Å²) in [7, 11) is 0. The number of nitrogens with zero attached hydrogens (tertiary/aromatic N) is 2. The van der Waals surface area contributed by atoms with E-state index in [4.69, 9.17) is 0 Å². The lowest BCUT2D eigenvalue weighted by atomic mass is 9.43. The van der Waals surface area contributed by atoms with E-state index in [1.54, 1.807) is 0 Å². The monoisotopic (exact) mass is 485 g/mol. The minimum absolute atomic E-state index is 0.132. The van der Waals surface area contributed by atoms with Gasteiger partial charge >= 0.3 is 0 Å². The maximum atomic E-state index is 11.5. The van der Waals surface area contributed by atoms with Gasteiger partial charge in [0.25, 0.3) is 0 Å². The highest BCUT2D eigenvalue weighted by Gasteiger charge is 2.76. The summed E-state index contributed by atoms with van der Waals surface area (Å²) in [5.41, 5.74) is 4.41. The Morgan fingerprint density at radius 2 is 1.97 bits per heavy atom. The highest BCUT2D eigenvalue weighted by Crippen LogP contribution is 2.75. The third-order valence-electron chi connectivity index (χ3n) is 11.7. The minimum atomic E-state index is -0.524. The van der Waals surface area contributed by atoms with Crippen LogP contribution in [0.5, 0.6) is 5.75 Å². The highest BCUT2D eigenvalue weighted by molar-refractivity contribution is 5.50. The van der Waals surface area contributed by atoms with Gasteiger partial charge in [-0.2, -0.15) is 0 Å². The third kappa shape index (κ3) is 2.75. The molecule has 5 fully saturated rings. The van der Waals surface area contributed by atoms with Crippen LogP contribution in [0.1, 0.15) is 55.0 Å². The first-order valence-electron chi connectivity index (χ1n) is 14.4. The molecule has 8 atom stereocenters. The number of fused-ring (bicyclic) bond motifs is 1. The number of hydrogen-bond donors (Lipinski definition) is 3.